The highest BCUT2D eigenvalue weighted by molar-refractivity contribution is 5.81. The van der Waals surface area contributed by atoms with Crippen LogP contribution in [-0.2, 0) is 27.4 Å². The van der Waals surface area contributed by atoms with Crippen LogP contribution in [0.3, 0.4) is 0 Å². The summed E-state index contributed by atoms with van der Waals surface area (Å²) in [4.78, 5) is 20.2. The minimum Gasteiger partial charge on any atom is -0.486 e. The lowest BCUT2D eigenvalue weighted by Crippen LogP contribution is -2.61. The molecule has 2 aromatic carbocycles. The van der Waals surface area contributed by atoms with Crippen LogP contribution in [0.4, 0.5) is 0 Å². The number of morpholine rings is 1. The number of para-hydroxylation sites is 3. The molecular formula is C25H29N3O4. The maximum atomic E-state index is 13.5. The first-order chi connectivity index (χ1) is 15.4. The van der Waals surface area contributed by atoms with Crippen LogP contribution >= 0.6 is 0 Å². The topological polar surface area (TPSA) is 65.8 Å². The van der Waals surface area contributed by atoms with Crippen LogP contribution in [0.1, 0.15) is 26.1 Å². The molecule has 32 heavy (non-hydrogen) atoms. The van der Waals surface area contributed by atoms with E-state index in [0.717, 1.165) is 29.0 Å². The predicted octanol–water partition coefficient (Wildman–Crippen LogP) is 3.41. The zero-order chi connectivity index (χ0) is 22.2. The number of nitrogens with zero attached hydrogens (tertiary/aromatic N) is 3. The Balaban J connectivity index is 1.39. The van der Waals surface area contributed by atoms with Gasteiger partial charge in [-0.2, -0.15) is 0 Å². The van der Waals surface area contributed by atoms with Crippen molar-refractivity contribution >= 4 is 16.9 Å². The Morgan fingerprint density at radius 3 is 2.66 bits per heavy atom. The summed E-state index contributed by atoms with van der Waals surface area (Å²) in [5.74, 6) is 1.56. The molecule has 1 spiro atoms. The molecule has 0 N–H and O–H groups in total. The van der Waals surface area contributed by atoms with Gasteiger partial charge in [0.05, 0.1) is 29.8 Å². The Hall–Kier alpha value is -2.90. The highest BCUT2D eigenvalue weighted by Gasteiger charge is 2.48. The molecule has 0 aliphatic carbocycles. The largest absolute Gasteiger partial charge is 0.486 e. The zero-order valence-electron chi connectivity index (χ0n) is 18.6. The lowest BCUT2D eigenvalue weighted by Gasteiger charge is -2.48. The number of benzene rings is 2. The Labute approximate surface area is 187 Å². The molecule has 1 aromatic heterocycles. The fourth-order valence-corrected chi connectivity index (χ4v) is 4.80. The fourth-order valence-electron chi connectivity index (χ4n) is 4.80. The van der Waals surface area contributed by atoms with Gasteiger partial charge in [-0.15, -0.1) is 0 Å². The van der Waals surface area contributed by atoms with Crippen molar-refractivity contribution in [2.24, 2.45) is 0 Å². The lowest BCUT2D eigenvalue weighted by atomic mass is 9.95. The number of carbonyl (C=O) groups is 1. The first kappa shape index (κ1) is 21.0. The predicted molar refractivity (Wildman–Crippen MR) is 120 cm³/mol. The summed E-state index contributed by atoms with van der Waals surface area (Å²) >= 11 is 0. The third-order valence-corrected chi connectivity index (χ3v) is 6.10. The Bertz CT molecular complexity index is 1100. The van der Waals surface area contributed by atoms with Crippen LogP contribution < -0.4 is 4.74 Å². The van der Waals surface area contributed by atoms with Crippen LogP contribution in [0.5, 0.6) is 5.75 Å². The number of hydrogen-bond donors (Lipinski definition) is 0. The van der Waals surface area contributed by atoms with Gasteiger partial charge in [-0.1, -0.05) is 30.3 Å². The smallest absolute Gasteiger partial charge is 0.242 e. The van der Waals surface area contributed by atoms with Crippen molar-refractivity contribution in [1.82, 2.24) is 14.5 Å². The third-order valence-electron chi connectivity index (χ3n) is 6.10. The standard InChI is InChI=1S/C25H29N3O4/c1-24(2)16-27(17-25(32-24)12-13-30-18-25)23(29)14-28-21-11-7-6-10-20(21)26-22(28)15-31-19-8-4-3-5-9-19/h3-11H,12-18H2,1-2H3. The first-order valence-electron chi connectivity index (χ1n) is 11.1. The number of aromatic nitrogens is 2. The summed E-state index contributed by atoms with van der Waals surface area (Å²) in [6.45, 7) is 6.89. The van der Waals surface area contributed by atoms with E-state index >= 15 is 0 Å². The van der Waals surface area contributed by atoms with Gasteiger partial charge in [0.25, 0.3) is 0 Å². The van der Waals surface area contributed by atoms with Crippen molar-refractivity contribution in [3.63, 3.8) is 0 Å². The van der Waals surface area contributed by atoms with Gasteiger partial charge < -0.3 is 23.7 Å². The van der Waals surface area contributed by atoms with E-state index in [-0.39, 0.29) is 12.5 Å². The first-order valence-corrected chi connectivity index (χ1v) is 11.1. The van der Waals surface area contributed by atoms with Gasteiger partial charge in [-0.25, -0.2) is 4.98 Å². The molecule has 7 heteroatoms. The molecule has 3 aromatic rings. The van der Waals surface area contributed by atoms with E-state index in [4.69, 9.17) is 19.2 Å². The fraction of sp³-hybridized carbons (Fsp3) is 0.440. The summed E-state index contributed by atoms with van der Waals surface area (Å²) in [5, 5.41) is 0. The molecule has 2 fully saturated rings. The molecule has 5 rings (SSSR count). The molecule has 2 aliphatic rings. The molecule has 1 amide bonds. The molecule has 7 nitrogen and oxygen atoms in total. The van der Waals surface area contributed by atoms with Crippen molar-refractivity contribution in [3.8, 4) is 5.75 Å². The Morgan fingerprint density at radius 1 is 1.09 bits per heavy atom. The quantitative estimate of drug-likeness (QED) is 0.615. The SMILES string of the molecule is CC1(C)CN(C(=O)Cn2c(COc3ccccc3)nc3ccccc32)CC2(CCOC2)O1. The number of fused-ring (bicyclic) bond motifs is 1. The van der Waals surface area contributed by atoms with E-state index in [0.29, 0.717) is 32.9 Å². The van der Waals surface area contributed by atoms with Gasteiger partial charge in [0.15, 0.2) is 0 Å². The van der Waals surface area contributed by atoms with Crippen LogP contribution in [-0.4, -0.2) is 57.9 Å². The summed E-state index contributed by atoms with van der Waals surface area (Å²) in [7, 11) is 0. The molecule has 0 bridgehead atoms. The summed E-state index contributed by atoms with van der Waals surface area (Å²) in [6.07, 6.45) is 0.810. The molecular weight excluding hydrogens is 406 g/mol. The van der Waals surface area contributed by atoms with Crippen molar-refractivity contribution in [3.05, 3.63) is 60.4 Å². The molecule has 0 saturated carbocycles. The maximum absolute atomic E-state index is 13.5. The summed E-state index contributed by atoms with van der Waals surface area (Å²) in [5.41, 5.74) is 0.958. The number of imidazole rings is 1. The highest BCUT2D eigenvalue weighted by Crippen LogP contribution is 2.35. The zero-order valence-corrected chi connectivity index (χ0v) is 18.6. The van der Waals surface area contributed by atoms with Crippen molar-refractivity contribution in [2.45, 2.75) is 44.6 Å². The van der Waals surface area contributed by atoms with Gasteiger partial charge in [-0.05, 0) is 38.1 Å². The van der Waals surface area contributed by atoms with E-state index in [1.165, 1.54) is 0 Å². The van der Waals surface area contributed by atoms with Crippen LogP contribution in [0.2, 0.25) is 0 Å². The van der Waals surface area contributed by atoms with Gasteiger partial charge >= 0.3 is 0 Å². The Morgan fingerprint density at radius 2 is 1.88 bits per heavy atom. The van der Waals surface area contributed by atoms with Gasteiger partial charge in [0, 0.05) is 19.6 Å². The van der Waals surface area contributed by atoms with Crippen molar-refractivity contribution < 1.29 is 19.0 Å². The van der Waals surface area contributed by atoms with Crippen molar-refractivity contribution in [1.29, 1.82) is 0 Å². The van der Waals surface area contributed by atoms with E-state index < -0.39 is 11.2 Å². The van der Waals surface area contributed by atoms with Crippen LogP contribution in [0, 0.1) is 0 Å². The van der Waals surface area contributed by atoms with Gasteiger partial charge in [0.2, 0.25) is 5.91 Å². The van der Waals surface area contributed by atoms with Gasteiger partial charge in [0.1, 0.15) is 30.3 Å². The number of rotatable bonds is 5. The second kappa shape index (κ2) is 8.22. The maximum Gasteiger partial charge on any atom is 0.242 e. The van der Waals surface area contributed by atoms with Crippen LogP contribution in [0.25, 0.3) is 11.0 Å². The molecule has 3 heterocycles. The summed E-state index contributed by atoms with van der Waals surface area (Å²) < 4.78 is 19.9. The highest BCUT2D eigenvalue weighted by atomic mass is 16.6. The average Bonchev–Trinajstić information content (AvgIpc) is 3.36. The molecule has 1 atom stereocenters. The molecule has 0 radical (unpaired) electrons. The number of amides is 1. The van der Waals surface area contributed by atoms with E-state index in [1.54, 1.807) is 0 Å². The molecule has 168 valence electrons. The number of carbonyl (C=O) groups excluding carboxylic acids is 1. The Kier molecular flexibility index (Phi) is 5.39. The normalized spacial score (nSPS) is 22.5. The molecule has 2 aliphatic heterocycles. The van der Waals surface area contributed by atoms with Gasteiger partial charge in [-0.3, -0.25) is 4.79 Å². The van der Waals surface area contributed by atoms with E-state index in [2.05, 4.69) is 0 Å². The van der Waals surface area contributed by atoms with Crippen molar-refractivity contribution in [2.75, 3.05) is 26.3 Å². The molecule has 1 unspecified atom stereocenters. The molecule has 2 saturated heterocycles. The monoisotopic (exact) mass is 435 g/mol. The minimum absolute atomic E-state index is 0.0526. The number of ether oxygens (including phenoxy) is 3. The third kappa shape index (κ3) is 4.23. The second-order valence-electron chi connectivity index (χ2n) is 9.30. The van der Waals surface area contributed by atoms with E-state index in [1.807, 2.05) is 77.9 Å². The summed E-state index contributed by atoms with van der Waals surface area (Å²) in [6, 6.07) is 17.5. The lowest BCUT2D eigenvalue weighted by molar-refractivity contribution is -0.199. The van der Waals surface area contributed by atoms with Crippen LogP contribution in [0.15, 0.2) is 54.6 Å². The second-order valence-corrected chi connectivity index (χ2v) is 9.30. The van der Waals surface area contributed by atoms with E-state index in [9.17, 15) is 4.79 Å². The number of hydrogen-bond acceptors (Lipinski definition) is 5. The minimum atomic E-state index is -0.419. The average molecular weight is 436 g/mol.